The predicted molar refractivity (Wildman–Crippen MR) is 143 cm³/mol. The van der Waals surface area contributed by atoms with Crippen LogP contribution in [0.2, 0.25) is 5.02 Å². The molecular weight excluding hydrogens is 504 g/mol. The van der Waals surface area contributed by atoms with E-state index in [4.69, 9.17) is 26.9 Å². The van der Waals surface area contributed by atoms with Crippen LogP contribution in [0.4, 0.5) is 5.82 Å². The van der Waals surface area contributed by atoms with Crippen LogP contribution in [0.5, 0.6) is 0 Å². The number of hydrogen-bond donors (Lipinski definition) is 1. The van der Waals surface area contributed by atoms with Gasteiger partial charge < -0.3 is 15.1 Å². The molecule has 1 amide bonds. The van der Waals surface area contributed by atoms with Crippen LogP contribution in [-0.4, -0.2) is 53.4 Å². The fraction of sp³-hybridized carbons (Fsp3) is 0.222. The number of carbonyl (C=O) groups excluding carboxylic acids is 1. The van der Waals surface area contributed by atoms with Gasteiger partial charge in [0.2, 0.25) is 11.8 Å². The third-order valence-corrected chi connectivity index (χ3v) is 7.06. The molecular formula is C27H25ClN8O2. The SMILES string of the molecule is CC(=O)N1CCC(n2ccc(-n3cc(-c4cnc(N)c(-c5ncc(-c6ccc(Cl)cc6)o5)c4)cn3)n2)CC1. The number of benzene rings is 1. The van der Waals surface area contributed by atoms with Crippen molar-refractivity contribution in [2.45, 2.75) is 25.8 Å². The lowest BCUT2D eigenvalue weighted by Gasteiger charge is -2.31. The Labute approximate surface area is 223 Å². The van der Waals surface area contributed by atoms with Gasteiger partial charge in [-0.05, 0) is 43.2 Å². The minimum Gasteiger partial charge on any atom is -0.436 e. The summed E-state index contributed by atoms with van der Waals surface area (Å²) in [6.07, 6.45) is 10.7. The Bertz CT molecular complexity index is 1600. The zero-order valence-corrected chi connectivity index (χ0v) is 21.4. The highest BCUT2D eigenvalue weighted by Crippen LogP contribution is 2.32. The Kier molecular flexibility index (Phi) is 6.16. The Morgan fingerprint density at radius 2 is 1.82 bits per heavy atom. The van der Waals surface area contributed by atoms with Gasteiger partial charge in [0.15, 0.2) is 11.6 Å². The van der Waals surface area contributed by atoms with Crippen molar-refractivity contribution in [2.75, 3.05) is 18.8 Å². The van der Waals surface area contributed by atoms with Crippen LogP contribution in [0.25, 0.3) is 39.7 Å². The van der Waals surface area contributed by atoms with E-state index in [9.17, 15) is 4.79 Å². The zero-order chi connectivity index (χ0) is 26.2. The van der Waals surface area contributed by atoms with Crippen LogP contribution < -0.4 is 5.73 Å². The number of likely N-dealkylation sites (tertiary alicyclic amines) is 1. The number of piperidine rings is 1. The Balaban J connectivity index is 1.21. The molecule has 5 aromatic rings. The number of amides is 1. The van der Waals surface area contributed by atoms with E-state index in [0.717, 1.165) is 42.6 Å². The van der Waals surface area contributed by atoms with E-state index >= 15 is 0 Å². The molecule has 6 rings (SSSR count). The molecule has 1 saturated heterocycles. The largest absolute Gasteiger partial charge is 0.436 e. The maximum Gasteiger partial charge on any atom is 0.230 e. The van der Waals surface area contributed by atoms with Crippen LogP contribution in [0.3, 0.4) is 0 Å². The average Bonchev–Trinajstić information content (AvgIpc) is 3.70. The van der Waals surface area contributed by atoms with Crippen LogP contribution in [0.1, 0.15) is 25.8 Å². The fourth-order valence-corrected chi connectivity index (χ4v) is 4.77. The standard InChI is InChI=1S/C27H25ClN8O2/c1-17(37)34-9-6-22(7-10-34)35-11-8-25(33-35)36-16-20(14-32-36)19-12-23(26(29)30-13-19)27-31-15-24(38-27)18-2-4-21(28)5-3-18/h2-5,8,11-16,22H,6-7,9-10H2,1H3,(H2,29,30). The number of nitrogens with two attached hydrogens (primary N) is 1. The number of rotatable bonds is 5. The van der Waals surface area contributed by atoms with Crippen molar-refractivity contribution >= 4 is 23.3 Å². The van der Waals surface area contributed by atoms with E-state index in [2.05, 4.69) is 15.1 Å². The highest BCUT2D eigenvalue weighted by atomic mass is 35.5. The fourth-order valence-electron chi connectivity index (χ4n) is 4.65. The summed E-state index contributed by atoms with van der Waals surface area (Å²) in [5.74, 6) is 2.15. The molecule has 1 aliphatic heterocycles. The van der Waals surface area contributed by atoms with E-state index < -0.39 is 0 Å². The Hall–Kier alpha value is -4.44. The van der Waals surface area contributed by atoms with Crippen LogP contribution in [-0.2, 0) is 4.79 Å². The first-order valence-corrected chi connectivity index (χ1v) is 12.7. The number of halogens is 1. The summed E-state index contributed by atoms with van der Waals surface area (Å²) in [5, 5.41) is 9.90. The molecule has 10 nitrogen and oxygen atoms in total. The van der Waals surface area contributed by atoms with Crippen molar-refractivity contribution in [3.63, 3.8) is 0 Å². The van der Waals surface area contributed by atoms with E-state index in [0.29, 0.717) is 33.9 Å². The molecule has 4 aromatic heterocycles. The smallest absolute Gasteiger partial charge is 0.230 e. The summed E-state index contributed by atoms with van der Waals surface area (Å²) in [6, 6.07) is 11.4. The number of nitrogens with zero attached hydrogens (tertiary/aromatic N) is 7. The minimum absolute atomic E-state index is 0.124. The van der Waals surface area contributed by atoms with Gasteiger partial charge in [-0.3, -0.25) is 9.48 Å². The summed E-state index contributed by atoms with van der Waals surface area (Å²) in [4.78, 5) is 22.3. The van der Waals surface area contributed by atoms with Crippen LogP contribution in [0, 0.1) is 0 Å². The number of anilines is 1. The maximum atomic E-state index is 11.6. The lowest BCUT2D eigenvalue weighted by molar-refractivity contribution is -0.130. The second kappa shape index (κ2) is 9.79. The summed E-state index contributed by atoms with van der Waals surface area (Å²) in [6.45, 7) is 3.11. The van der Waals surface area contributed by atoms with Crippen molar-refractivity contribution in [3.05, 3.63) is 72.4 Å². The topological polar surface area (TPSA) is 121 Å². The highest BCUT2D eigenvalue weighted by Gasteiger charge is 2.23. The molecule has 5 heterocycles. The summed E-state index contributed by atoms with van der Waals surface area (Å²) < 4.78 is 9.70. The molecule has 0 atom stereocenters. The van der Waals surface area contributed by atoms with Crippen LogP contribution in [0.15, 0.2) is 71.8 Å². The molecule has 0 spiro atoms. The van der Waals surface area contributed by atoms with Gasteiger partial charge in [-0.2, -0.15) is 10.2 Å². The minimum atomic E-state index is 0.124. The lowest BCUT2D eigenvalue weighted by Crippen LogP contribution is -2.37. The van der Waals surface area contributed by atoms with Gasteiger partial charge in [0, 0.05) is 66.4 Å². The van der Waals surface area contributed by atoms with Gasteiger partial charge >= 0.3 is 0 Å². The Morgan fingerprint density at radius 3 is 2.58 bits per heavy atom. The van der Waals surface area contributed by atoms with E-state index in [1.807, 2.05) is 46.2 Å². The number of pyridine rings is 1. The van der Waals surface area contributed by atoms with E-state index in [1.54, 1.807) is 42.3 Å². The maximum absolute atomic E-state index is 11.6. The van der Waals surface area contributed by atoms with Crippen LogP contribution >= 0.6 is 11.6 Å². The number of hydrogen-bond acceptors (Lipinski definition) is 7. The molecule has 1 aliphatic rings. The second-order valence-electron chi connectivity index (χ2n) is 9.26. The lowest BCUT2D eigenvalue weighted by atomic mass is 10.1. The van der Waals surface area contributed by atoms with Crippen molar-refractivity contribution in [2.24, 2.45) is 0 Å². The third kappa shape index (κ3) is 4.66. The highest BCUT2D eigenvalue weighted by molar-refractivity contribution is 6.30. The number of aromatic nitrogens is 6. The van der Waals surface area contributed by atoms with Gasteiger partial charge in [-0.15, -0.1) is 0 Å². The third-order valence-electron chi connectivity index (χ3n) is 6.81. The van der Waals surface area contributed by atoms with Crippen molar-refractivity contribution in [1.29, 1.82) is 0 Å². The second-order valence-corrected chi connectivity index (χ2v) is 9.69. The molecule has 38 heavy (non-hydrogen) atoms. The van der Waals surface area contributed by atoms with Crippen molar-refractivity contribution in [1.82, 2.24) is 34.4 Å². The Morgan fingerprint density at radius 1 is 1.03 bits per heavy atom. The summed E-state index contributed by atoms with van der Waals surface area (Å²) in [5.41, 5.74) is 9.31. The van der Waals surface area contributed by atoms with Gasteiger partial charge in [0.05, 0.1) is 24.0 Å². The molecule has 192 valence electrons. The quantitative estimate of drug-likeness (QED) is 0.345. The molecule has 2 N–H and O–H groups in total. The number of oxazole rings is 1. The average molecular weight is 529 g/mol. The molecule has 11 heteroatoms. The summed E-state index contributed by atoms with van der Waals surface area (Å²) >= 11 is 5.99. The molecule has 1 aromatic carbocycles. The van der Waals surface area contributed by atoms with Gasteiger partial charge in [0.1, 0.15) is 5.82 Å². The van der Waals surface area contributed by atoms with Gasteiger partial charge in [-0.25, -0.2) is 14.6 Å². The first-order chi connectivity index (χ1) is 18.4. The van der Waals surface area contributed by atoms with Crippen molar-refractivity contribution in [3.8, 4) is 39.7 Å². The van der Waals surface area contributed by atoms with Crippen molar-refractivity contribution < 1.29 is 9.21 Å². The predicted octanol–water partition coefficient (Wildman–Crippen LogP) is 4.87. The first kappa shape index (κ1) is 23.9. The molecule has 0 aliphatic carbocycles. The first-order valence-electron chi connectivity index (χ1n) is 12.3. The van der Waals surface area contributed by atoms with E-state index in [1.165, 1.54) is 0 Å². The molecule has 0 radical (unpaired) electrons. The number of nitrogen functional groups attached to an aromatic ring is 1. The van der Waals surface area contributed by atoms with Gasteiger partial charge in [-0.1, -0.05) is 11.6 Å². The summed E-state index contributed by atoms with van der Waals surface area (Å²) in [7, 11) is 0. The molecule has 0 unspecified atom stereocenters. The normalized spacial score (nSPS) is 14.2. The molecule has 0 saturated carbocycles. The number of carbonyl (C=O) groups is 1. The van der Waals surface area contributed by atoms with E-state index in [-0.39, 0.29) is 11.9 Å². The zero-order valence-electron chi connectivity index (χ0n) is 20.7. The monoisotopic (exact) mass is 528 g/mol. The molecule has 0 bridgehead atoms. The van der Waals surface area contributed by atoms with Gasteiger partial charge in [0.25, 0.3) is 0 Å². The molecule has 1 fully saturated rings.